The molecule has 0 unspecified atom stereocenters. The number of para-hydroxylation sites is 1. The van der Waals surface area contributed by atoms with Crippen LogP contribution < -0.4 is 4.74 Å². The summed E-state index contributed by atoms with van der Waals surface area (Å²) in [5, 5.41) is 0. The van der Waals surface area contributed by atoms with Crippen molar-refractivity contribution in [2.45, 2.75) is 26.1 Å². The van der Waals surface area contributed by atoms with Crippen molar-refractivity contribution in [3.05, 3.63) is 29.8 Å². The highest BCUT2D eigenvalue weighted by atomic mass is 19.4. The van der Waals surface area contributed by atoms with Gasteiger partial charge in [0.15, 0.2) is 0 Å². The number of ketones is 1. The minimum absolute atomic E-state index is 0.0678. The molecule has 2 nitrogen and oxygen atoms in total. The molecule has 0 bridgehead atoms. The van der Waals surface area contributed by atoms with Crippen LogP contribution in [0.4, 0.5) is 13.2 Å². The normalized spacial score (nSPS) is 11.2. The van der Waals surface area contributed by atoms with Crippen LogP contribution in [0.3, 0.4) is 0 Å². The molecular formula is C11H11F3O2. The van der Waals surface area contributed by atoms with Gasteiger partial charge in [0, 0.05) is 6.42 Å². The van der Waals surface area contributed by atoms with E-state index < -0.39 is 6.36 Å². The molecule has 0 N–H and O–H groups in total. The van der Waals surface area contributed by atoms with Crippen LogP contribution in [0.2, 0.25) is 0 Å². The van der Waals surface area contributed by atoms with Gasteiger partial charge in [0.1, 0.15) is 11.5 Å². The molecule has 0 aliphatic heterocycles. The van der Waals surface area contributed by atoms with Crippen molar-refractivity contribution in [3.63, 3.8) is 0 Å². The van der Waals surface area contributed by atoms with E-state index in [0.717, 1.165) is 0 Å². The zero-order valence-electron chi connectivity index (χ0n) is 8.67. The summed E-state index contributed by atoms with van der Waals surface area (Å²) in [6.45, 7) is 1.40. The Kier molecular flexibility index (Phi) is 3.93. The lowest BCUT2D eigenvalue weighted by Gasteiger charge is -2.12. The molecule has 88 valence electrons. The molecular weight excluding hydrogens is 221 g/mol. The van der Waals surface area contributed by atoms with Crippen molar-refractivity contribution >= 4 is 5.78 Å². The minimum atomic E-state index is -4.70. The van der Waals surface area contributed by atoms with Crippen molar-refractivity contribution in [1.29, 1.82) is 0 Å². The van der Waals surface area contributed by atoms with Crippen molar-refractivity contribution < 1.29 is 22.7 Å². The number of carbonyl (C=O) groups excluding carboxylic acids is 1. The largest absolute Gasteiger partial charge is 0.573 e. The maximum Gasteiger partial charge on any atom is 0.573 e. The Morgan fingerprint density at radius 2 is 1.94 bits per heavy atom. The van der Waals surface area contributed by atoms with Gasteiger partial charge in [-0.3, -0.25) is 0 Å². The number of hydrogen-bond donors (Lipinski definition) is 0. The highest BCUT2D eigenvalue weighted by Gasteiger charge is 2.31. The van der Waals surface area contributed by atoms with Crippen molar-refractivity contribution in [2.24, 2.45) is 0 Å². The fourth-order valence-corrected chi connectivity index (χ4v) is 1.25. The first kappa shape index (κ1) is 12.5. The van der Waals surface area contributed by atoms with Crippen LogP contribution in [-0.2, 0) is 11.2 Å². The predicted octanol–water partition coefficient (Wildman–Crippen LogP) is 3.11. The van der Waals surface area contributed by atoms with Gasteiger partial charge in [0.05, 0.1) is 0 Å². The van der Waals surface area contributed by atoms with Crippen molar-refractivity contribution in [2.75, 3.05) is 0 Å². The van der Waals surface area contributed by atoms with Gasteiger partial charge in [-0.2, -0.15) is 0 Å². The Morgan fingerprint density at radius 1 is 1.31 bits per heavy atom. The Labute approximate surface area is 91.0 Å². The molecule has 0 atom stereocenters. The zero-order valence-corrected chi connectivity index (χ0v) is 8.67. The van der Waals surface area contributed by atoms with E-state index in [0.29, 0.717) is 5.56 Å². The van der Waals surface area contributed by atoms with Gasteiger partial charge in [-0.15, -0.1) is 13.2 Å². The zero-order chi connectivity index (χ0) is 12.2. The molecule has 0 saturated carbocycles. The van der Waals surface area contributed by atoms with Crippen LogP contribution in [0.25, 0.3) is 0 Å². The number of hydrogen-bond acceptors (Lipinski definition) is 2. The van der Waals surface area contributed by atoms with E-state index in [1.807, 2.05) is 0 Å². The number of Topliss-reactive ketones (excluding diaryl/α,β-unsaturated/α-hetero) is 1. The minimum Gasteiger partial charge on any atom is -0.406 e. The second-order valence-electron chi connectivity index (χ2n) is 3.36. The fourth-order valence-electron chi connectivity index (χ4n) is 1.25. The lowest BCUT2D eigenvalue weighted by atomic mass is 10.1. The number of alkyl halides is 3. The number of benzene rings is 1. The van der Waals surface area contributed by atoms with Crippen LogP contribution in [0.1, 0.15) is 18.9 Å². The topological polar surface area (TPSA) is 26.3 Å². The molecule has 0 heterocycles. The van der Waals surface area contributed by atoms with Gasteiger partial charge in [-0.25, -0.2) is 0 Å². The molecule has 0 spiro atoms. The average Bonchev–Trinajstić information content (AvgIpc) is 2.14. The quantitative estimate of drug-likeness (QED) is 0.797. The average molecular weight is 232 g/mol. The summed E-state index contributed by atoms with van der Waals surface area (Å²) in [7, 11) is 0. The Morgan fingerprint density at radius 3 is 2.50 bits per heavy atom. The first-order chi connectivity index (χ1) is 7.38. The summed E-state index contributed by atoms with van der Waals surface area (Å²) in [5.74, 6) is -0.307. The van der Waals surface area contributed by atoms with E-state index in [-0.39, 0.29) is 24.4 Å². The van der Waals surface area contributed by atoms with E-state index in [4.69, 9.17) is 0 Å². The highest BCUT2D eigenvalue weighted by Crippen LogP contribution is 2.26. The smallest absolute Gasteiger partial charge is 0.406 e. The van der Waals surface area contributed by atoms with E-state index in [1.165, 1.54) is 25.1 Å². The summed E-state index contributed by atoms with van der Waals surface area (Å²) in [6.07, 6.45) is -4.24. The van der Waals surface area contributed by atoms with Crippen molar-refractivity contribution in [3.8, 4) is 5.75 Å². The van der Waals surface area contributed by atoms with Crippen LogP contribution in [0, 0.1) is 0 Å². The monoisotopic (exact) mass is 232 g/mol. The van der Waals surface area contributed by atoms with Gasteiger partial charge >= 0.3 is 6.36 Å². The lowest BCUT2D eigenvalue weighted by Crippen LogP contribution is -2.18. The molecule has 1 rings (SSSR count). The van der Waals surface area contributed by atoms with Gasteiger partial charge in [-0.1, -0.05) is 18.2 Å². The number of aryl methyl sites for hydroxylation is 1. The first-order valence-electron chi connectivity index (χ1n) is 4.71. The number of halogens is 3. The molecule has 1 aromatic rings. The maximum absolute atomic E-state index is 12.0. The van der Waals surface area contributed by atoms with E-state index >= 15 is 0 Å². The summed E-state index contributed by atoms with van der Waals surface area (Å²) in [5.41, 5.74) is 0.384. The summed E-state index contributed by atoms with van der Waals surface area (Å²) < 4.78 is 39.9. The molecule has 1 aromatic carbocycles. The molecule has 0 aliphatic rings. The lowest BCUT2D eigenvalue weighted by molar-refractivity contribution is -0.274. The molecule has 0 fully saturated rings. The van der Waals surface area contributed by atoms with Crippen LogP contribution in [0.15, 0.2) is 24.3 Å². The summed E-state index contributed by atoms with van der Waals surface area (Å²) >= 11 is 0. The third kappa shape index (κ3) is 4.33. The molecule has 5 heteroatoms. The number of ether oxygens (including phenoxy) is 1. The molecule has 0 aliphatic carbocycles. The highest BCUT2D eigenvalue weighted by molar-refractivity contribution is 5.75. The molecule has 0 radical (unpaired) electrons. The van der Waals surface area contributed by atoms with E-state index in [2.05, 4.69) is 4.74 Å². The van der Waals surface area contributed by atoms with E-state index in [1.54, 1.807) is 6.07 Å². The van der Waals surface area contributed by atoms with Crippen LogP contribution >= 0.6 is 0 Å². The number of rotatable bonds is 4. The Hall–Kier alpha value is -1.52. The molecule has 0 saturated heterocycles. The fraction of sp³-hybridized carbons (Fsp3) is 0.364. The molecule has 16 heavy (non-hydrogen) atoms. The van der Waals surface area contributed by atoms with Crippen LogP contribution in [-0.4, -0.2) is 12.1 Å². The van der Waals surface area contributed by atoms with Gasteiger partial charge < -0.3 is 9.53 Å². The third-order valence-electron chi connectivity index (χ3n) is 1.94. The number of carbonyl (C=O) groups is 1. The SMILES string of the molecule is CC(=O)CCc1ccccc1OC(F)(F)F. The summed E-state index contributed by atoms with van der Waals surface area (Å²) in [6, 6.07) is 5.82. The maximum atomic E-state index is 12.0. The van der Waals surface area contributed by atoms with Gasteiger partial charge in [0.2, 0.25) is 0 Å². The second-order valence-corrected chi connectivity index (χ2v) is 3.36. The first-order valence-corrected chi connectivity index (χ1v) is 4.71. The Balaban J connectivity index is 2.79. The van der Waals surface area contributed by atoms with Gasteiger partial charge in [0.25, 0.3) is 0 Å². The molecule has 0 amide bonds. The van der Waals surface area contributed by atoms with Crippen LogP contribution in [0.5, 0.6) is 5.75 Å². The Bertz CT molecular complexity index is 372. The third-order valence-corrected chi connectivity index (χ3v) is 1.94. The summed E-state index contributed by atoms with van der Waals surface area (Å²) in [4.78, 5) is 10.8. The molecule has 0 aromatic heterocycles. The van der Waals surface area contributed by atoms with E-state index in [9.17, 15) is 18.0 Å². The second kappa shape index (κ2) is 5.01. The van der Waals surface area contributed by atoms with Crippen molar-refractivity contribution in [1.82, 2.24) is 0 Å². The van der Waals surface area contributed by atoms with Gasteiger partial charge in [-0.05, 0) is 25.0 Å². The standard InChI is InChI=1S/C11H11F3O2/c1-8(15)6-7-9-4-2-3-5-10(9)16-11(12,13)14/h2-5H,6-7H2,1H3. The predicted molar refractivity (Wildman–Crippen MR) is 52.1 cm³/mol.